The fourth-order valence-corrected chi connectivity index (χ4v) is 6.43. The summed E-state index contributed by atoms with van der Waals surface area (Å²) in [5, 5.41) is 41.1. The van der Waals surface area contributed by atoms with E-state index in [2.05, 4.69) is 39.7 Å². The Hall–Kier alpha value is -1.14. The van der Waals surface area contributed by atoms with Crippen molar-refractivity contribution in [3.8, 4) is 0 Å². The van der Waals surface area contributed by atoms with Crippen molar-refractivity contribution in [2.45, 2.75) is 139 Å². The Bertz CT molecular complexity index is 749. The van der Waals surface area contributed by atoms with E-state index in [1.54, 1.807) is 0 Å². The highest BCUT2D eigenvalue weighted by molar-refractivity contribution is 5.68. The van der Waals surface area contributed by atoms with Crippen LogP contribution >= 0.6 is 0 Å². The van der Waals surface area contributed by atoms with Crippen LogP contribution < -0.4 is 21.7 Å². The number of aliphatic carboxylic acids is 1. The van der Waals surface area contributed by atoms with Crippen molar-refractivity contribution < 1.29 is 20.1 Å². The van der Waals surface area contributed by atoms with Crippen LogP contribution in [0.5, 0.6) is 0 Å². The largest absolute Gasteiger partial charge is 0.481 e. The van der Waals surface area contributed by atoms with Crippen LogP contribution in [-0.2, 0) is 4.79 Å². The van der Waals surface area contributed by atoms with E-state index in [1.165, 1.54) is 19.3 Å². The van der Waals surface area contributed by atoms with Gasteiger partial charge in [0, 0.05) is 43.0 Å². The van der Waals surface area contributed by atoms with Gasteiger partial charge in [0.05, 0.1) is 31.0 Å². The van der Waals surface area contributed by atoms with Crippen LogP contribution in [0.1, 0.15) is 97.3 Å². The van der Waals surface area contributed by atoms with E-state index in [4.69, 9.17) is 5.73 Å². The number of carboxylic acid groups (broad SMARTS) is 1. The van der Waals surface area contributed by atoms with E-state index in [-0.39, 0.29) is 36.8 Å². The second-order valence-electron chi connectivity index (χ2n) is 12.4. The highest BCUT2D eigenvalue weighted by atomic mass is 16.4. The number of nitrogens with one attached hydrogen (secondary N) is 3. The number of nitrogens with two attached hydrogens (primary N) is 1. The number of unbranched alkanes of at least 4 members (excludes halogenated alkanes) is 6. The molecule has 2 saturated heterocycles. The minimum absolute atomic E-state index is 0.0784. The Labute approximate surface area is 229 Å². The molecular formula is C28H54N6O4. The molecule has 0 bridgehead atoms. The number of aliphatic imine (C=N–C) groups is 1. The van der Waals surface area contributed by atoms with Crippen molar-refractivity contribution in [3.05, 3.63) is 0 Å². The van der Waals surface area contributed by atoms with Gasteiger partial charge in [-0.1, -0.05) is 44.9 Å². The summed E-state index contributed by atoms with van der Waals surface area (Å²) >= 11 is 0. The lowest BCUT2D eigenvalue weighted by Crippen LogP contribution is -2.60. The molecule has 3 aliphatic heterocycles. The maximum Gasteiger partial charge on any atom is 0.306 e. The molecule has 3 heterocycles. The van der Waals surface area contributed by atoms with Crippen LogP contribution in [-0.4, -0.2) is 100 Å². The molecule has 7 atom stereocenters. The van der Waals surface area contributed by atoms with Crippen molar-refractivity contribution in [3.63, 3.8) is 0 Å². The molecule has 2 fully saturated rings. The first kappa shape index (κ1) is 31.4. The molecule has 0 unspecified atom stereocenters. The third-order valence-corrected chi connectivity index (χ3v) is 8.91. The van der Waals surface area contributed by atoms with Crippen LogP contribution in [0.25, 0.3) is 0 Å². The highest BCUT2D eigenvalue weighted by Crippen LogP contribution is 2.26. The molecule has 10 nitrogen and oxygen atoms in total. The predicted molar refractivity (Wildman–Crippen MR) is 151 cm³/mol. The lowest BCUT2D eigenvalue weighted by atomic mass is 9.86. The molecule has 220 valence electrons. The first-order valence-electron chi connectivity index (χ1n) is 14.9. The molecule has 3 rings (SSSR count). The number of rotatable bonds is 16. The molecule has 0 aromatic heterocycles. The molecule has 0 aromatic rings. The van der Waals surface area contributed by atoms with Gasteiger partial charge in [0.2, 0.25) is 0 Å². The van der Waals surface area contributed by atoms with Crippen LogP contribution in [0.3, 0.4) is 0 Å². The number of carbonyl (C=O) groups is 1. The van der Waals surface area contributed by atoms with Gasteiger partial charge in [-0.15, -0.1) is 0 Å². The average molecular weight is 539 g/mol. The smallest absolute Gasteiger partial charge is 0.306 e. The van der Waals surface area contributed by atoms with Gasteiger partial charge in [-0.2, -0.15) is 0 Å². The Balaban J connectivity index is 1.29. The number of hydrogen-bond acceptors (Lipinski definition) is 9. The third-order valence-electron chi connectivity index (χ3n) is 8.91. The summed E-state index contributed by atoms with van der Waals surface area (Å²) in [4.78, 5) is 18.2. The number of aliphatic hydroxyl groups excluding tert-OH is 1. The molecule has 0 amide bonds. The normalized spacial score (nSPS) is 33.9. The second kappa shape index (κ2) is 15.0. The summed E-state index contributed by atoms with van der Waals surface area (Å²) < 4.78 is 0. The number of hydrogen-bond donors (Lipinski definition) is 7. The molecule has 0 spiro atoms. The van der Waals surface area contributed by atoms with Crippen molar-refractivity contribution in [2.24, 2.45) is 10.7 Å². The van der Waals surface area contributed by atoms with Gasteiger partial charge in [-0.25, -0.2) is 0 Å². The SMILES string of the molecule is C[C@@H]1N[C@H](CCCCCCCCC[C@](O)(CN[C@]2(C)CCN[C@H](N)C2)CC(=O)O)[C@@H](N2CC=NC2)C[C@H]1O. The predicted octanol–water partition coefficient (Wildman–Crippen LogP) is 1.54. The zero-order valence-electron chi connectivity index (χ0n) is 23.7. The van der Waals surface area contributed by atoms with Crippen molar-refractivity contribution in [1.29, 1.82) is 0 Å². The second-order valence-corrected chi connectivity index (χ2v) is 12.4. The van der Waals surface area contributed by atoms with E-state index < -0.39 is 11.6 Å². The van der Waals surface area contributed by atoms with Gasteiger partial charge in [-0.05, 0) is 52.5 Å². The number of piperidine rings is 2. The Kier molecular flexibility index (Phi) is 12.4. The average Bonchev–Trinajstić information content (AvgIpc) is 3.38. The lowest BCUT2D eigenvalue weighted by molar-refractivity contribution is -0.143. The molecule has 0 saturated carbocycles. The first-order chi connectivity index (χ1) is 18.1. The third kappa shape index (κ3) is 10.1. The zero-order chi connectivity index (χ0) is 27.6. The fraction of sp³-hybridized carbons (Fsp3) is 0.929. The van der Waals surface area contributed by atoms with Gasteiger partial charge in [0.15, 0.2) is 0 Å². The standard InChI is InChI=1S/C28H54N6O4/c1-21-24(35)16-23(34-15-14-30-20-34)22(33-21)10-8-6-4-3-5-7-9-11-28(38,18-26(36)37)19-32-27(2)12-13-31-25(29)17-27/h14,21-25,31-33,35,38H,3-13,15-20,29H2,1-2H3,(H,36,37)/t21-,22+,23-,24+,25-,27+,28+/m0/s1. The summed E-state index contributed by atoms with van der Waals surface area (Å²) in [6, 6.07) is 0.880. The topological polar surface area (TPSA) is 155 Å². The van der Waals surface area contributed by atoms with E-state index >= 15 is 0 Å². The highest BCUT2D eigenvalue weighted by Gasteiger charge is 2.37. The molecule has 0 aliphatic carbocycles. The van der Waals surface area contributed by atoms with Crippen LogP contribution in [0.15, 0.2) is 4.99 Å². The van der Waals surface area contributed by atoms with Gasteiger partial charge in [0.25, 0.3) is 0 Å². The number of carboxylic acids is 1. The molecular weight excluding hydrogens is 484 g/mol. The number of nitrogens with zero attached hydrogens (tertiary/aromatic N) is 2. The molecule has 38 heavy (non-hydrogen) atoms. The summed E-state index contributed by atoms with van der Waals surface area (Å²) in [6.07, 6.45) is 13.1. The van der Waals surface area contributed by atoms with Gasteiger partial charge >= 0.3 is 5.97 Å². The van der Waals surface area contributed by atoms with Gasteiger partial charge in [0.1, 0.15) is 0 Å². The van der Waals surface area contributed by atoms with E-state index in [9.17, 15) is 20.1 Å². The lowest BCUT2D eigenvalue weighted by Gasteiger charge is -2.43. The molecule has 0 aromatic carbocycles. The Morgan fingerprint density at radius 2 is 1.95 bits per heavy atom. The van der Waals surface area contributed by atoms with Gasteiger partial charge < -0.3 is 37.0 Å². The summed E-state index contributed by atoms with van der Waals surface area (Å²) in [7, 11) is 0. The van der Waals surface area contributed by atoms with Gasteiger partial charge in [-0.3, -0.25) is 14.7 Å². The van der Waals surface area contributed by atoms with E-state index in [0.717, 1.165) is 71.1 Å². The Morgan fingerprint density at radius 1 is 1.24 bits per heavy atom. The first-order valence-corrected chi connectivity index (χ1v) is 14.9. The van der Waals surface area contributed by atoms with E-state index in [0.29, 0.717) is 18.5 Å². The fourth-order valence-electron chi connectivity index (χ4n) is 6.43. The molecule has 0 radical (unpaired) electrons. The summed E-state index contributed by atoms with van der Waals surface area (Å²) in [5.41, 5.74) is 4.61. The summed E-state index contributed by atoms with van der Waals surface area (Å²) in [5.74, 6) is -0.961. The van der Waals surface area contributed by atoms with Crippen molar-refractivity contribution in [2.75, 3.05) is 26.3 Å². The minimum Gasteiger partial charge on any atom is -0.481 e. The summed E-state index contributed by atoms with van der Waals surface area (Å²) in [6.45, 7) is 6.89. The molecule has 8 N–H and O–H groups in total. The van der Waals surface area contributed by atoms with Crippen LogP contribution in [0.4, 0.5) is 0 Å². The van der Waals surface area contributed by atoms with Crippen molar-refractivity contribution in [1.82, 2.24) is 20.9 Å². The maximum atomic E-state index is 11.4. The molecule has 3 aliphatic rings. The van der Waals surface area contributed by atoms with E-state index in [1.807, 2.05) is 6.21 Å². The number of aliphatic hydroxyl groups is 2. The van der Waals surface area contributed by atoms with Crippen LogP contribution in [0, 0.1) is 0 Å². The van der Waals surface area contributed by atoms with Crippen molar-refractivity contribution >= 4 is 12.2 Å². The quantitative estimate of drug-likeness (QED) is 0.145. The molecule has 10 heteroatoms. The zero-order valence-corrected chi connectivity index (χ0v) is 23.7. The maximum absolute atomic E-state index is 11.4. The monoisotopic (exact) mass is 538 g/mol. The Morgan fingerprint density at radius 3 is 2.61 bits per heavy atom. The van der Waals surface area contributed by atoms with Crippen LogP contribution in [0.2, 0.25) is 0 Å². The number of β-amino-alcohol motifs (C(OH)–C–C–N with tert-alkyl or cyclic N) is 1. The minimum atomic E-state index is -1.24.